The monoisotopic (exact) mass is 297 g/mol. The van der Waals surface area contributed by atoms with Crippen molar-refractivity contribution >= 4 is 17.6 Å². The first-order chi connectivity index (χ1) is 10.6. The van der Waals surface area contributed by atoms with Crippen LogP contribution >= 0.6 is 0 Å². The number of non-ortho nitro benzene ring substituents is 1. The normalized spacial score (nSPS) is 15.7. The number of aromatic nitrogens is 1. The van der Waals surface area contributed by atoms with Gasteiger partial charge in [0, 0.05) is 42.3 Å². The van der Waals surface area contributed by atoms with Crippen molar-refractivity contribution in [2.24, 2.45) is 4.99 Å². The third-order valence-corrected chi connectivity index (χ3v) is 4.23. The van der Waals surface area contributed by atoms with Crippen molar-refractivity contribution in [3.8, 4) is 0 Å². The van der Waals surface area contributed by atoms with Gasteiger partial charge in [-0.15, -0.1) is 0 Å². The molecule has 2 aromatic rings. The Bertz CT molecular complexity index is 712. The predicted molar refractivity (Wildman–Crippen MR) is 87.0 cm³/mol. The molecule has 3 rings (SSSR count). The minimum absolute atomic E-state index is 0.101. The lowest BCUT2D eigenvalue weighted by atomic mass is 10.2. The second-order valence-corrected chi connectivity index (χ2v) is 5.82. The van der Waals surface area contributed by atoms with Crippen molar-refractivity contribution in [1.29, 1.82) is 0 Å². The fourth-order valence-corrected chi connectivity index (χ4v) is 2.98. The Hall–Kier alpha value is -2.43. The van der Waals surface area contributed by atoms with Crippen LogP contribution in [0, 0.1) is 17.0 Å². The number of nitro benzene ring substituents is 1. The highest BCUT2D eigenvalue weighted by Crippen LogP contribution is 2.29. The number of benzene rings is 1. The Kier molecular flexibility index (Phi) is 4.04. The van der Waals surface area contributed by atoms with Gasteiger partial charge in [-0.05, 0) is 37.5 Å². The minimum atomic E-state index is -0.387. The van der Waals surface area contributed by atoms with Gasteiger partial charge in [-0.2, -0.15) is 0 Å². The molecule has 0 atom stereocenters. The highest BCUT2D eigenvalue weighted by molar-refractivity contribution is 5.82. The first-order valence-electron chi connectivity index (χ1n) is 7.60. The van der Waals surface area contributed by atoms with Crippen LogP contribution in [0.2, 0.25) is 0 Å². The van der Waals surface area contributed by atoms with E-state index in [-0.39, 0.29) is 10.6 Å². The van der Waals surface area contributed by atoms with Crippen LogP contribution in [0.25, 0.3) is 0 Å². The molecule has 22 heavy (non-hydrogen) atoms. The van der Waals surface area contributed by atoms with Crippen molar-refractivity contribution in [2.45, 2.75) is 38.6 Å². The van der Waals surface area contributed by atoms with Crippen molar-refractivity contribution in [1.82, 2.24) is 4.57 Å². The van der Waals surface area contributed by atoms with E-state index in [0.29, 0.717) is 6.04 Å². The highest BCUT2D eigenvalue weighted by atomic mass is 16.6. The van der Waals surface area contributed by atoms with Gasteiger partial charge >= 0.3 is 0 Å². The van der Waals surface area contributed by atoms with Crippen LogP contribution in [-0.4, -0.2) is 15.7 Å². The molecule has 0 amide bonds. The SMILES string of the molecule is Cc1cc([N+](=O)[O-])ccc1N=Cc1ccn(C2CCCC2)c1. The van der Waals surface area contributed by atoms with E-state index < -0.39 is 0 Å². The van der Waals surface area contributed by atoms with Gasteiger partial charge in [-0.3, -0.25) is 15.1 Å². The zero-order chi connectivity index (χ0) is 15.5. The first-order valence-corrected chi connectivity index (χ1v) is 7.60. The smallest absolute Gasteiger partial charge is 0.269 e. The molecule has 0 radical (unpaired) electrons. The summed E-state index contributed by atoms with van der Waals surface area (Å²) in [4.78, 5) is 14.8. The summed E-state index contributed by atoms with van der Waals surface area (Å²) < 4.78 is 2.27. The average molecular weight is 297 g/mol. The second kappa shape index (κ2) is 6.13. The fraction of sp³-hybridized carbons (Fsp3) is 0.353. The van der Waals surface area contributed by atoms with Crippen molar-refractivity contribution in [3.05, 3.63) is 57.9 Å². The maximum atomic E-state index is 10.7. The van der Waals surface area contributed by atoms with Gasteiger partial charge in [0.15, 0.2) is 0 Å². The van der Waals surface area contributed by atoms with Gasteiger partial charge in [-0.1, -0.05) is 12.8 Å². The maximum absolute atomic E-state index is 10.7. The molecule has 1 aliphatic carbocycles. The van der Waals surface area contributed by atoms with Gasteiger partial charge in [0.05, 0.1) is 10.6 Å². The van der Waals surface area contributed by atoms with E-state index in [4.69, 9.17) is 0 Å². The number of hydrogen-bond donors (Lipinski definition) is 0. The van der Waals surface area contributed by atoms with Gasteiger partial charge < -0.3 is 4.57 Å². The number of aliphatic imine (C=N–C) groups is 1. The molecule has 1 aromatic carbocycles. The summed E-state index contributed by atoms with van der Waals surface area (Å²) in [6.07, 6.45) is 11.2. The summed E-state index contributed by atoms with van der Waals surface area (Å²) in [5.41, 5.74) is 2.73. The van der Waals surface area contributed by atoms with E-state index >= 15 is 0 Å². The zero-order valence-electron chi connectivity index (χ0n) is 12.6. The van der Waals surface area contributed by atoms with E-state index in [9.17, 15) is 10.1 Å². The molecule has 114 valence electrons. The topological polar surface area (TPSA) is 60.4 Å². The quantitative estimate of drug-likeness (QED) is 0.471. The van der Waals surface area contributed by atoms with Gasteiger partial charge in [0.2, 0.25) is 0 Å². The predicted octanol–water partition coefficient (Wildman–Crippen LogP) is 4.57. The number of hydrogen-bond acceptors (Lipinski definition) is 3. The lowest BCUT2D eigenvalue weighted by molar-refractivity contribution is -0.384. The second-order valence-electron chi connectivity index (χ2n) is 5.82. The third-order valence-electron chi connectivity index (χ3n) is 4.23. The van der Waals surface area contributed by atoms with Crippen LogP contribution in [-0.2, 0) is 0 Å². The van der Waals surface area contributed by atoms with E-state index in [1.807, 2.05) is 13.1 Å². The number of rotatable bonds is 4. The van der Waals surface area contributed by atoms with Crippen LogP contribution < -0.4 is 0 Å². The summed E-state index contributed by atoms with van der Waals surface area (Å²) in [7, 11) is 0. The molecule has 0 unspecified atom stereocenters. The van der Waals surface area contributed by atoms with Gasteiger partial charge in [0.25, 0.3) is 5.69 Å². The molecule has 1 fully saturated rings. The highest BCUT2D eigenvalue weighted by Gasteiger charge is 2.16. The molecule has 0 saturated heterocycles. The lowest BCUT2D eigenvalue weighted by Gasteiger charge is -2.10. The number of aryl methyl sites for hydroxylation is 1. The Morgan fingerprint density at radius 3 is 2.77 bits per heavy atom. The molecule has 0 spiro atoms. The molecule has 1 saturated carbocycles. The largest absolute Gasteiger partial charge is 0.351 e. The summed E-state index contributed by atoms with van der Waals surface area (Å²) in [6, 6.07) is 7.42. The van der Waals surface area contributed by atoms with E-state index in [2.05, 4.69) is 28.0 Å². The minimum Gasteiger partial charge on any atom is -0.351 e. The Morgan fingerprint density at radius 2 is 2.09 bits per heavy atom. The summed E-state index contributed by atoms with van der Waals surface area (Å²) in [5.74, 6) is 0. The summed E-state index contributed by atoms with van der Waals surface area (Å²) >= 11 is 0. The van der Waals surface area contributed by atoms with Crippen LogP contribution in [0.15, 0.2) is 41.7 Å². The van der Waals surface area contributed by atoms with Crippen molar-refractivity contribution < 1.29 is 4.92 Å². The molecule has 0 bridgehead atoms. The molecule has 1 aliphatic rings. The molecular formula is C17H19N3O2. The van der Waals surface area contributed by atoms with E-state index in [0.717, 1.165) is 16.8 Å². The van der Waals surface area contributed by atoms with E-state index in [1.54, 1.807) is 12.1 Å². The number of nitrogens with zero attached hydrogens (tertiary/aromatic N) is 3. The molecule has 5 heteroatoms. The molecule has 0 aliphatic heterocycles. The summed E-state index contributed by atoms with van der Waals surface area (Å²) in [5, 5.41) is 10.7. The fourth-order valence-electron chi connectivity index (χ4n) is 2.98. The average Bonchev–Trinajstić information content (AvgIpc) is 3.16. The lowest BCUT2D eigenvalue weighted by Crippen LogP contribution is -2.00. The maximum Gasteiger partial charge on any atom is 0.269 e. The molecule has 0 N–H and O–H groups in total. The zero-order valence-corrected chi connectivity index (χ0v) is 12.6. The molecule has 5 nitrogen and oxygen atoms in total. The van der Waals surface area contributed by atoms with Crippen LogP contribution in [0.1, 0.15) is 42.9 Å². The number of nitro groups is 1. The van der Waals surface area contributed by atoms with Crippen LogP contribution in [0.3, 0.4) is 0 Å². The van der Waals surface area contributed by atoms with E-state index in [1.165, 1.54) is 31.7 Å². The Balaban J connectivity index is 1.75. The van der Waals surface area contributed by atoms with Gasteiger partial charge in [-0.25, -0.2) is 0 Å². The molecule has 1 heterocycles. The van der Waals surface area contributed by atoms with Crippen LogP contribution in [0.4, 0.5) is 11.4 Å². The van der Waals surface area contributed by atoms with Crippen molar-refractivity contribution in [2.75, 3.05) is 0 Å². The summed E-state index contributed by atoms with van der Waals surface area (Å²) in [6.45, 7) is 1.84. The van der Waals surface area contributed by atoms with Gasteiger partial charge in [0.1, 0.15) is 0 Å². The molecule has 1 aromatic heterocycles. The standard InChI is InChI=1S/C17H19N3O2/c1-13-10-16(20(21)22)6-7-17(13)18-11-14-8-9-19(12-14)15-4-2-3-5-15/h6-12,15H,2-5H2,1H3. The van der Waals surface area contributed by atoms with Crippen LogP contribution in [0.5, 0.6) is 0 Å². The third kappa shape index (κ3) is 3.08. The first kappa shape index (κ1) is 14.5. The Labute approximate surface area is 129 Å². The Morgan fingerprint density at radius 1 is 1.32 bits per heavy atom. The molecular weight excluding hydrogens is 278 g/mol. The van der Waals surface area contributed by atoms with Crippen molar-refractivity contribution in [3.63, 3.8) is 0 Å².